The van der Waals surface area contributed by atoms with Gasteiger partial charge in [0.15, 0.2) is 0 Å². The molecule has 1 spiro atoms. The van der Waals surface area contributed by atoms with E-state index in [1.165, 1.54) is 39.0 Å². The first-order chi connectivity index (χ1) is 7.85. The van der Waals surface area contributed by atoms with Crippen molar-refractivity contribution in [3.8, 4) is 0 Å². The van der Waals surface area contributed by atoms with Gasteiger partial charge >= 0.3 is 0 Å². The van der Waals surface area contributed by atoms with Gasteiger partial charge in [0.05, 0.1) is 6.61 Å². The van der Waals surface area contributed by atoms with Crippen molar-refractivity contribution in [1.82, 2.24) is 10.2 Å². The Kier molecular flexibility index (Phi) is 8.90. The molecule has 2 aliphatic rings. The van der Waals surface area contributed by atoms with Gasteiger partial charge in [-0.1, -0.05) is 27.7 Å². The molecule has 98 valence electrons. The Morgan fingerprint density at radius 2 is 1.56 bits per heavy atom. The van der Waals surface area contributed by atoms with Crippen LogP contribution in [-0.2, 0) is 0 Å². The molecule has 0 aromatic heterocycles. The highest BCUT2D eigenvalue weighted by Crippen LogP contribution is 2.34. The molecule has 0 saturated carbocycles. The summed E-state index contributed by atoms with van der Waals surface area (Å²) in [6, 6.07) is 0. The predicted octanol–water partition coefficient (Wildman–Crippen LogP) is 1.72. The molecule has 0 aromatic carbocycles. The summed E-state index contributed by atoms with van der Waals surface area (Å²) in [5, 5.41) is 12.1. The van der Waals surface area contributed by atoms with Gasteiger partial charge in [0, 0.05) is 19.6 Å². The minimum Gasteiger partial charge on any atom is -0.395 e. The van der Waals surface area contributed by atoms with Gasteiger partial charge in [-0.2, -0.15) is 0 Å². The molecule has 0 bridgehead atoms. The fourth-order valence-electron chi connectivity index (χ4n) is 2.22. The van der Waals surface area contributed by atoms with Crippen molar-refractivity contribution in [2.75, 3.05) is 39.3 Å². The number of rotatable bonds is 2. The zero-order chi connectivity index (χ0) is 12.4. The standard InChI is InChI=1S/C9H18N2O.2C2H6/c12-6-5-11-3-1-9(2-4-11)7-10-8-9;2*1-2/h10,12H,1-8H2;2*1-2H3. The second-order valence-electron chi connectivity index (χ2n) is 4.17. The third-order valence-corrected chi connectivity index (χ3v) is 3.33. The van der Waals surface area contributed by atoms with Crippen molar-refractivity contribution in [2.24, 2.45) is 5.41 Å². The van der Waals surface area contributed by atoms with Crippen LogP contribution < -0.4 is 5.32 Å². The summed E-state index contributed by atoms with van der Waals surface area (Å²) in [7, 11) is 0. The Hall–Kier alpha value is -0.120. The van der Waals surface area contributed by atoms with E-state index in [4.69, 9.17) is 5.11 Å². The van der Waals surface area contributed by atoms with Crippen molar-refractivity contribution in [1.29, 1.82) is 0 Å². The number of hydrogen-bond acceptors (Lipinski definition) is 3. The Morgan fingerprint density at radius 3 is 1.88 bits per heavy atom. The number of likely N-dealkylation sites (tertiary alicyclic amines) is 1. The zero-order valence-electron chi connectivity index (χ0n) is 11.6. The predicted molar refractivity (Wildman–Crippen MR) is 70.8 cm³/mol. The molecule has 0 atom stereocenters. The van der Waals surface area contributed by atoms with Crippen LogP contribution in [-0.4, -0.2) is 49.3 Å². The molecule has 0 radical (unpaired) electrons. The lowest BCUT2D eigenvalue weighted by Gasteiger charge is -2.48. The van der Waals surface area contributed by atoms with Gasteiger partial charge < -0.3 is 15.3 Å². The maximum atomic E-state index is 8.77. The van der Waals surface area contributed by atoms with Gasteiger partial charge in [0.1, 0.15) is 0 Å². The number of nitrogens with one attached hydrogen (secondary N) is 1. The lowest BCUT2D eigenvalue weighted by molar-refractivity contribution is 0.0477. The molecule has 3 nitrogen and oxygen atoms in total. The summed E-state index contributed by atoms with van der Waals surface area (Å²) in [4.78, 5) is 2.36. The molecule has 0 aromatic rings. The van der Waals surface area contributed by atoms with E-state index in [0.29, 0.717) is 12.0 Å². The average molecular weight is 230 g/mol. The van der Waals surface area contributed by atoms with E-state index < -0.39 is 0 Å². The fraction of sp³-hybridized carbons (Fsp3) is 1.00. The van der Waals surface area contributed by atoms with Crippen molar-refractivity contribution < 1.29 is 5.11 Å². The van der Waals surface area contributed by atoms with Gasteiger partial charge in [-0.05, 0) is 31.3 Å². The van der Waals surface area contributed by atoms with Crippen LogP contribution in [0.4, 0.5) is 0 Å². The molecule has 2 heterocycles. The first-order valence-electron chi connectivity index (χ1n) is 6.89. The van der Waals surface area contributed by atoms with Crippen molar-refractivity contribution in [3.05, 3.63) is 0 Å². The summed E-state index contributed by atoms with van der Waals surface area (Å²) >= 11 is 0. The topological polar surface area (TPSA) is 35.5 Å². The summed E-state index contributed by atoms with van der Waals surface area (Å²) in [5.74, 6) is 0. The van der Waals surface area contributed by atoms with E-state index in [2.05, 4.69) is 10.2 Å². The maximum Gasteiger partial charge on any atom is 0.0558 e. The zero-order valence-corrected chi connectivity index (χ0v) is 11.6. The van der Waals surface area contributed by atoms with Gasteiger partial charge in [-0.25, -0.2) is 0 Å². The molecule has 0 unspecified atom stereocenters. The van der Waals surface area contributed by atoms with Crippen LogP contribution in [0.25, 0.3) is 0 Å². The highest BCUT2D eigenvalue weighted by atomic mass is 16.3. The molecule has 16 heavy (non-hydrogen) atoms. The van der Waals surface area contributed by atoms with E-state index in [0.717, 1.165) is 6.54 Å². The van der Waals surface area contributed by atoms with E-state index >= 15 is 0 Å². The molecule has 2 saturated heterocycles. The molecular weight excluding hydrogens is 200 g/mol. The third kappa shape index (κ3) is 4.40. The maximum absolute atomic E-state index is 8.77. The number of hydrogen-bond donors (Lipinski definition) is 2. The Bertz CT molecular complexity index is 148. The van der Waals surface area contributed by atoms with Crippen LogP contribution in [0.1, 0.15) is 40.5 Å². The van der Waals surface area contributed by atoms with Crippen LogP contribution in [0, 0.1) is 5.41 Å². The van der Waals surface area contributed by atoms with Gasteiger partial charge in [0.25, 0.3) is 0 Å². The van der Waals surface area contributed by atoms with Crippen LogP contribution in [0.3, 0.4) is 0 Å². The summed E-state index contributed by atoms with van der Waals surface area (Å²) < 4.78 is 0. The van der Waals surface area contributed by atoms with Crippen LogP contribution in [0.2, 0.25) is 0 Å². The second-order valence-corrected chi connectivity index (χ2v) is 4.17. The average Bonchev–Trinajstić information content (AvgIpc) is 2.34. The van der Waals surface area contributed by atoms with Crippen molar-refractivity contribution >= 4 is 0 Å². The van der Waals surface area contributed by atoms with E-state index in [9.17, 15) is 0 Å². The van der Waals surface area contributed by atoms with Crippen molar-refractivity contribution in [2.45, 2.75) is 40.5 Å². The quantitative estimate of drug-likeness (QED) is 0.758. The number of piperidine rings is 1. The normalized spacial score (nSPS) is 22.3. The molecule has 2 aliphatic heterocycles. The minimum atomic E-state index is 0.311. The number of β-amino-alcohol motifs (C(OH)–C–C–N with tert-alkyl or cyclic N) is 1. The van der Waals surface area contributed by atoms with Gasteiger partial charge in [0.2, 0.25) is 0 Å². The highest BCUT2D eigenvalue weighted by Gasteiger charge is 2.39. The minimum absolute atomic E-state index is 0.311. The molecule has 2 rings (SSSR count). The first-order valence-corrected chi connectivity index (χ1v) is 6.89. The monoisotopic (exact) mass is 230 g/mol. The molecule has 0 aliphatic carbocycles. The van der Waals surface area contributed by atoms with Crippen molar-refractivity contribution in [3.63, 3.8) is 0 Å². The van der Waals surface area contributed by atoms with Gasteiger partial charge in [-0.3, -0.25) is 0 Å². The number of nitrogens with zero attached hydrogens (tertiary/aromatic N) is 1. The van der Waals surface area contributed by atoms with Gasteiger partial charge in [-0.15, -0.1) is 0 Å². The van der Waals surface area contributed by atoms with Crippen LogP contribution in [0.5, 0.6) is 0 Å². The molecule has 2 fully saturated rings. The third-order valence-electron chi connectivity index (χ3n) is 3.33. The highest BCUT2D eigenvalue weighted by molar-refractivity contribution is 4.95. The lowest BCUT2D eigenvalue weighted by Crippen LogP contribution is -2.58. The van der Waals surface area contributed by atoms with Crippen LogP contribution in [0.15, 0.2) is 0 Å². The molecule has 0 amide bonds. The Balaban J connectivity index is 0.000000509. The number of aliphatic hydroxyl groups excluding tert-OH is 1. The van der Waals surface area contributed by atoms with E-state index in [1.54, 1.807) is 0 Å². The largest absolute Gasteiger partial charge is 0.395 e. The summed E-state index contributed by atoms with van der Waals surface area (Å²) in [6.07, 6.45) is 2.64. The molecule has 3 heteroatoms. The number of aliphatic hydroxyl groups is 1. The van der Waals surface area contributed by atoms with E-state index in [-0.39, 0.29) is 0 Å². The fourth-order valence-corrected chi connectivity index (χ4v) is 2.22. The SMILES string of the molecule is CC.CC.OCCN1CCC2(CC1)CNC2. The Morgan fingerprint density at radius 1 is 1.06 bits per heavy atom. The van der Waals surface area contributed by atoms with Crippen LogP contribution >= 0.6 is 0 Å². The summed E-state index contributed by atoms with van der Waals surface area (Å²) in [5.41, 5.74) is 0.645. The lowest BCUT2D eigenvalue weighted by atomic mass is 9.73. The summed E-state index contributed by atoms with van der Waals surface area (Å²) in [6.45, 7) is 14.0. The molecule has 2 N–H and O–H groups in total. The van der Waals surface area contributed by atoms with E-state index in [1.807, 2.05) is 27.7 Å². The Labute approximate surface area is 101 Å². The smallest absolute Gasteiger partial charge is 0.0558 e. The molecular formula is C13H30N2O. The first kappa shape index (κ1) is 15.9. The second kappa shape index (κ2) is 8.97.